The predicted molar refractivity (Wildman–Crippen MR) is 124 cm³/mol. The van der Waals surface area contributed by atoms with Crippen LogP contribution in [0.2, 0.25) is 10.2 Å². The molecule has 0 aliphatic heterocycles. The summed E-state index contributed by atoms with van der Waals surface area (Å²) in [7, 11) is 0. The van der Waals surface area contributed by atoms with Crippen molar-refractivity contribution >= 4 is 45.9 Å². The van der Waals surface area contributed by atoms with Crippen LogP contribution in [0.5, 0.6) is 0 Å². The smallest absolute Gasteiger partial charge is 0.163 e. The minimum atomic E-state index is -1.35. The number of aliphatic hydroxyl groups excluding tert-OH is 1. The van der Waals surface area contributed by atoms with Crippen LogP contribution in [0.25, 0.3) is 0 Å². The summed E-state index contributed by atoms with van der Waals surface area (Å²) in [6, 6.07) is 10.9. The number of hydrogen-bond donors (Lipinski definition) is 2. The largest absolute Gasteiger partial charge is 0.598 e. The fraction of sp³-hybridized carbons (Fsp3) is 0.333. The highest BCUT2D eigenvalue weighted by Crippen LogP contribution is 2.37. The molecule has 0 saturated heterocycles. The molecule has 0 fully saturated rings. The molecule has 2 N–H and O–H groups in total. The summed E-state index contributed by atoms with van der Waals surface area (Å²) >= 11 is 12.2. The summed E-state index contributed by atoms with van der Waals surface area (Å²) < 4.78 is 15.8. The van der Waals surface area contributed by atoms with Crippen molar-refractivity contribution in [3.8, 4) is 0 Å². The van der Waals surface area contributed by atoms with Crippen molar-refractivity contribution < 1.29 is 9.66 Å². The molecular weight excluding hydrogens is 461 g/mol. The quantitative estimate of drug-likeness (QED) is 0.369. The number of aromatic nitrogens is 2. The summed E-state index contributed by atoms with van der Waals surface area (Å²) in [5, 5.41) is 13.5. The average molecular weight is 484 g/mol. The molecule has 3 rings (SSSR count). The summed E-state index contributed by atoms with van der Waals surface area (Å²) in [6.45, 7) is 7.69. The first kappa shape index (κ1) is 23.5. The second-order valence-electron chi connectivity index (χ2n) is 8.00. The van der Waals surface area contributed by atoms with E-state index in [0.29, 0.717) is 9.90 Å². The highest BCUT2D eigenvalue weighted by atomic mass is 35.5. The Hall–Kier alpha value is -1.19. The van der Waals surface area contributed by atoms with E-state index >= 15 is 0 Å². The Morgan fingerprint density at radius 3 is 2.50 bits per heavy atom. The number of aliphatic hydroxyl groups is 1. The van der Waals surface area contributed by atoms with Crippen molar-refractivity contribution in [3.63, 3.8) is 0 Å². The van der Waals surface area contributed by atoms with Crippen molar-refractivity contribution in [2.75, 3.05) is 0 Å². The van der Waals surface area contributed by atoms with E-state index in [4.69, 9.17) is 23.2 Å². The first-order valence-corrected chi connectivity index (χ1v) is 12.0. The molecule has 1 aromatic carbocycles. The monoisotopic (exact) mass is 483 g/mol. The van der Waals surface area contributed by atoms with E-state index in [1.54, 1.807) is 12.1 Å². The van der Waals surface area contributed by atoms with Crippen molar-refractivity contribution in [2.45, 2.75) is 44.1 Å². The highest BCUT2D eigenvalue weighted by molar-refractivity contribution is 7.90. The van der Waals surface area contributed by atoms with E-state index in [1.165, 1.54) is 17.5 Å². The molecule has 3 aromatic rings. The van der Waals surface area contributed by atoms with Gasteiger partial charge in [0, 0.05) is 27.5 Å². The molecule has 5 nitrogen and oxygen atoms in total. The van der Waals surface area contributed by atoms with E-state index in [-0.39, 0.29) is 11.0 Å². The Labute approximate surface area is 193 Å². The molecule has 0 spiro atoms. The standard InChI is InChI=1S/C21H23Cl2N3O2S2/c1-20(2,3)30(28)26-21(4,13-6-5-7-15(22)10-13)14-11-16(29-12-14)18(27)19-24-9-8-17(23)25-19/h5-12,18,26-27H,1-4H3. The molecule has 2 aromatic heterocycles. The molecule has 0 saturated carbocycles. The normalized spacial score (nSPS) is 16.1. The zero-order valence-corrected chi connectivity index (χ0v) is 20.2. The van der Waals surface area contributed by atoms with E-state index in [0.717, 1.165) is 11.1 Å². The Kier molecular flexibility index (Phi) is 7.14. The number of hydrogen-bond acceptors (Lipinski definition) is 6. The zero-order valence-electron chi connectivity index (χ0n) is 17.0. The Balaban J connectivity index is 2.02. The lowest BCUT2D eigenvalue weighted by Gasteiger charge is -2.35. The van der Waals surface area contributed by atoms with Gasteiger partial charge in [0.15, 0.2) is 5.82 Å². The number of benzene rings is 1. The summed E-state index contributed by atoms with van der Waals surface area (Å²) in [5.41, 5.74) is 0.918. The van der Waals surface area contributed by atoms with Crippen molar-refractivity contribution in [1.29, 1.82) is 0 Å². The number of rotatable bonds is 6. The SMILES string of the molecule is CC(N[S+]([O-])C(C)(C)C)(c1cccc(Cl)c1)c1csc(C(O)c2nccc(Cl)n2)c1. The van der Waals surface area contributed by atoms with Crippen molar-refractivity contribution in [3.05, 3.63) is 80.0 Å². The molecule has 0 aliphatic rings. The van der Waals surface area contributed by atoms with E-state index in [2.05, 4.69) is 14.7 Å². The van der Waals surface area contributed by atoms with Gasteiger partial charge in [-0.25, -0.2) is 9.97 Å². The third-order valence-electron chi connectivity index (χ3n) is 4.61. The van der Waals surface area contributed by atoms with Gasteiger partial charge in [0.2, 0.25) is 0 Å². The third-order valence-corrected chi connectivity index (χ3v) is 7.74. The molecule has 3 unspecified atom stereocenters. The maximum atomic E-state index is 13.0. The molecule has 160 valence electrons. The average Bonchev–Trinajstić information content (AvgIpc) is 3.17. The van der Waals surface area contributed by atoms with Crippen LogP contribution in [-0.2, 0) is 16.9 Å². The van der Waals surface area contributed by atoms with Gasteiger partial charge < -0.3 is 9.66 Å². The lowest BCUT2D eigenvalue weighted by molar-refractivity contribution is 0.213. The Morgan fingerprint density at radius 1 is 1.13 bits per heavy atom. The van der Waals surface area contributed by atoms with Gasteiger partial charge in [-0.2, -0.15) is 0 Å². The van der Waals surface area contributed by atoms with E-state index in [9.17, 15) is 9.66 Å². The molecule has 9 heteroatoms. The van der Waals surface area contributed by atoms with Crippen LogP contribution in [0.4, 0.5) is 0 Å². The molecule has 0 bridgehead atoms. The summed E-state index contributed by atoms with van der Waals surface area (Å²) in [4.78, 5) is 8.87. The lowest BCUT2D eigenvalue weighted by atomic mass is 9.87. The third kappa shape index (κ3) is 5.16. The van der Waals surface area contributed by atoms with Gasteiger partial charge >= 0.3 is 0 Å². The second-order valence-corrected chi connectivity index (χ2v) is 11.7. The van der Waals surface area contributed by atoms with Gasteiger partial charge in [-0.1, -0.05) is 35.3 Å². The van der Waals surface area contributed by atoms with Crippen molar-refractivity contribution in [1.82, 2.24) is 14.7 Å². The summed E-state index contributed by atoms with van der Waals surface area (Å²) in [6.07, 6.45) is 0.492. The van der Waals surface area contributed by atoms with Crippen molar-refractivity contribution in [2.24, 2.45) is 0 Å². The van der Waals surface area contributed by atoms with Gasteiger partial charge in [0.25, 0.3) is 0 Å². The minimum Gasteiger partial charge on any atom is -0.598 e. The van der Waals surface area contributed by atoms with Gasteiger partial charge in [-0.05, 0) is 68.5 Å². The van der Waals surface area contributed by atoms with Gasteiger partial charge in [-0.3, -0.25) is 0 Å². The predicted octanol–water partition coefficient (Wildman–Crippen LogP) is 5.24. The van der Waals surface area contributed by atoms with Crippen LogP contribution >= 0.6 is 34.5 Å². The highest BCUT2D eigenvalue weighted by Gasteiger charge is 2.39. The first-order valence-electron chi connectivity index (χ1n) is 9.22. The fourth-order valence-electron chi connectivity index (χ4n) is 2.79. The van der Waals surface area contributed by atoms with Crippen LogP contribution in [-0.4, -0.2) is 24.4 Å². The molecule has 0 amide bonds. The maximum absolute atomic E-state index is 13.0. The Morgan fingerprint density at radius 2 is 1.87 bits per heavy atom. The van der Waals surface area contributed by atoms with E-state index in [1.807, 2.05) is 57.3 Å². The Bertz CT molecular complexity index is 1030. The summed E-state index contributed by atoms with van der Waals surface area (Å²) in [5.74, 6) is 0.228. The van der Waals surface area contributed by atoms with Crippen LogP contribution in [0.15, 0.2) is 48.0 Å². The van der Waals surface area contributed by atoms with Gasteiger partial charge in [0.05, 0.1) is 0 Å². The van der Waals surface area contributed by atoms with Gasteiger partial charge in [0.1, 0.15) is 21.5 Å². The fourth-order valence-corrected chi connectivity index (χ4v) is 5.03. The minimum absolute atomic E-state index is 0.228. The molecule has 3 atom stereocenters. The van der Waals surface area contributed by atoms with Gasteiger partial charge in [-0.15, -0.1) is 16.1 Å². The maximum Gasteiger partial charge on any atom is 0.163 e. The molecule has 0 radical (unpaired) electrons. The number of nitrogens with one attached hydrogen (secondary N) is 1. The molecule has 30 heavy (non-hydrogen) atoms. The van der Waals surface area contributed by atoms with Crippen LogP contribution in [0, 0.1) is 0 Å². The second kappa shape index (κ2) is 9.12. The van der Waals surface area contributed by atoms with Crippen LogP contribution in [0.3, 0.4) is 0 Å². The number of nitrogens with zero attached hydrogens (tertiary/aromatic N) is 2. The zero-order chi connectivity index (χ0) is 22.1. The lowest BCUT2D eigenvalue weighted by Crippen LogP contribution is -2.50. The first-order chi connectivity index (χ1) is 14.0. The van der Waals surface area contributed by atoms with Crippen LogP contribution in [0.1, 0.15) is 55.6 Å². The molecule has 2 heterocycles. The number of thiophene rings is 1. The molecular formula is C21H23Cl2N3O2S2. The number of halogens is 2. The van der Waals surface area contributed by atoms with E-state index < -0.39 is 27.8 Å². The van der Waals surface area contributed by atoms with Crippen LogP contribution < -0.4 is 4.72 Å². The topological polar surface area (TPSA) is 81.1 Å². The molecule has 0 aliphatic carbocycles.